The zero-order valence-corrected chi connectivity index (χ0v) is 18.0. The lowest BCUT2D eigenvalue weighted by Gasteiger charge is -2.53. The Balaban J connectivity index is 2.00. The molecule has 0 radical (unpaired) electrons. The highest BCUT2D eigenvalue weighted by atomic mass is 16.5. The van der Waals surface area contributed by atoms with Gasteiger partial charge in [0, 0.05) is 29.3 Å². The van der Waals surface area contributed by atoms with Crippen LogP contribution in [0.1, 0.15) is 78.5 Å². The van der Waals surface area contributed by atoms with E-state index in [1.54, 1.807) is 0 Å². The molecule has 0 aromatic carbocycles. The lowest BCUT2D eigenvalue weighted by Crippen LogP contribution is -2.65. The largest absolute Gasteiger partial charge is 0.336 e. The molecule has 4 nitrogen and oxygen atoms in total. The Morgan fingerprint density at radius 3 is 2.61 bits per heavy atom. The fourth-order valence-electron chi connectivity index (χ4n) is 5.65. The molecular formula is C24H34N3O+. The number of unbranched alkanes of at least 4 members (excludes halogenated alkanes) is 1. The van der Waals surface area contributed by atoms with Crippen LogP contribution < -0.4 is 9.47 Å². The van der Waals surface area contributed by atoms with E-state index >= 15 is 0 Å². The molecule has 4 heteroatoms. The summed E-state index contributed by atoms with van der Waals surface area (Å²) in [7, 11) is 0. The molecule has 0 aliphatic carbocycles. The summed E-state index contributed by atoms with van der Waals surface area (Å²) in [5, 5.41) is 2.57. The number of nitrogens with zero attached hydrogens (tertiary/aromatic N) is 3. The van der Waals surface area contributed by atoms with Gasteiger partial charge in [-0.05, 0) is 44.2 Å². The van der Waals surface area contributed by atoms with Crippen molar-refractivity contribution in [2.45, 2.75) is 83.9 Å². The van der Waals surface area contributed by atoms with Crippen molar-refractivity contribution in [1.29, 1.82) is 0 Å². The normalized spacial score (nSPS) is 24.8. The van der Waals surface area contributed by atoms with Gasteiger partial charge in [0.15, 0.2) is 0 Å². The van der Waals surface area contributed by atoms with Crippen LogP contribution in [0.5, 0.6) is 0 Å². The first-order chi connectivity index (χ1) is 13.6. The highest BCUT2D eigenvalue weighted by Crippen LogP contribution is 2.55. The molecule has 2 aromatic rings. The molecule has 0 bridgehead atoms. The third kappa shape index (κ3) is 2.40. The Morgan fingerprint density at radius 2 is 1.93 bits per heavy atom. The van der Waals surface area contributed by atoms with E-state index in [4.69, 9.17) is 4.74 Å². The van der Waals surface area contributed by atoms with Gasteiger partial charge in [-0.25, -0.2) is 9.47 Å². The molecule has 2 aliphatic heterocycles. The third-order valence-corrected chi connectivity index (χ3v) is 7.52. The van der Waals surface area contributed by atoms with E-state index in [2.05, 4.69) is 79.8 Å². The minimum atomic E-state index is -0.0416. The molecular weight excluding hydrogens is 346 g/mol. The quantitative estimate of drug-likeness (QED) is 0.475. The van der Waals surface area contributed by atoms with Crippen LogP contribution >= 0.6 is 0 Å². The molecule has 4 rings (SSSR count). The summed E-state index contributed by atoms with van der Waals surface area (Å²) in [6.45, 7) is 12.4. The maximum atomic E-state index is 6.25. The van der Waals surface area contributed by atoms with Gasteiger partial charge >= 0.3 is 0 Å². The Morgan fingerprint density at radius 1 is 1.14 bits per heavy atom. The van der Waals surface area contributed by atoms with E-state index in [1.165, 1.54) is 22.2 Å². The fraction of sp³-hybridized carbons (Fsp3) is 0.583. The monoisotopic (exact) mass is 380 g/mol. The topological polar surface area (TPSA) is 29.2 Å². The van der Waals surface area contributed by atoms with Crippen LogP contribution in [0.4, 0.5) is 5.82 Å². The SMILES string of the molecule is CCCCOC1C=CN2c3c4c(cncc4cc[n+]31)C(CC)(CC)C2(C)CC. The van der Waals surface area contributed by atoms with Crippen molar-refractivity contribution in [3.63, 3.8) is 0 Å². The minimum Gasteiger partial charge on any atom is -0.336 e. The van der Waals surface area contributed by atoms with Crippen LogP contribution in [-0.2, 0) is 10.2 Å². The van der Waals surface area contributed by atoms with E-state index in [0.29, 0.717) is 0 Å². The number of rotatable bonds is 7. The first kappa shape index (κ1) is 19.4. The van der Waals surface area contributed by atoms with Gasteiger partial charge in [-0.2, -0.15) is 0 Å². The number of pyridine rings is 2. The Kier molecular flexibility index (Phi) is 4.95. The molecule has 0 saturated carbocycles. The van der Waals surface area contributed by atoms with E-state index in [0.717, 1.165) is 38.7 Å². The van der Waals surface area contributed by atoms with Crippen molar-refractivity contribution in [2.24, 2.45) is 0 Å². The van der Waals surface area contributed by atoms with Crippen molar-refractivity contribution in [1.82, 2.24) is 4.98 Å². The summed E-state index contributed by atoms with van der Waals surface area (Å²) in [5.41, 5.74) is 1.47. The standard InChI is InChI=1S/C24H34N3O/c1-6-10-15-28-20-12-14-27-22-21-18(11-13-26(20)22)16-25-17-19(21)24(8-3,9-4)23(27,5)7-2/h11-14,16-17,20H,6-10,15H2,1-5H3/q+1. The summed E-state index contributed by atoms with van der Waals surface area (Å²) in [6.07, 6.45) is 16.3. The Bertz CT molecular complexity index is 902. The Hall–Kier alpha value is -1.94. The van der Waals surface area contributed by atoms with Gasteiger partial charge < -0.3 is 4.74 Å². The molecule has 28 heavy (non-hydrogen) atoms. The van der Waals surface area contributed by atoms with Crippen LogP contribution in [0.15, 0.2) is 36.9 Å². The molecule has 2 aliphatic rings. The first-order valence-electron chi connectivity index (χ1n) is 11.0. The van der Waals surface area contributed by atoms with Crippen LogP contribution in [0.2, 0.25) is 0 Å². The second-order valence-electron chi connectivity index (χ2n) is 8.44. The predicted molar refractivity (Wildman–Crippen MR) is 114 cm³/mol. The summed E-state index contributed by atoms with van der Waals surface area (Å²) >= 11 is 0. The number of aromatic nitrogens is 2. The van der Waals surface area contributed by atoms with Gasteiger partial charge in [0.25, 0.3) is 5.82 Å². The predicted octanol–water partition coefficient (Wildman–Crippen LogP) is 5.41. The smallest absolute Gasteiger partial charge is 0.292 e. The number of ether oxygens (including phenoxy) is 1. The summed E-state index contributed by atoms with van der Waals surface area (Å²) < 4.78 is 8.58. The van der Waals surface area contributed by atoms with Gasteiger partial charge in [0.2, 0.25) is 6.23 Å². The molecule has 2 unspecified atom stereocenters. The fourth-order valence-corrected chi connectivity index (χ4v) is 5.65. The van der Waals surface area contributed by atoms with Gasteiger partial charge in [0.1, 0.15) is 5.54 Å². The van der Waals surface area contributed by atoms with Gasteiger partial charge in [-0.15, -0.1) is 0 Å². The molecule has 2 aromatic heterocycles. The van der Waals surface area contributed by atoms with Crippen LogP contribution in [-0.4, -0.2) is 17.1 Å². The zero-order chi connectivity index (χ0) is 19.9. The van der Waals surface area contributed by atoms with Crippen molar-refractivity contribution in [3.05, 3.63) is 42.5 Å². The maximum Gasteiger partial charge on any atom is 0.292 e. The average Bonchev–Trinajstić information content (AvgIpc) is 2.74. The second-order valence-corrected chi connectivity index (χ2v) is 8.44. The zero-order valence-electron chi connectivity index (χ0n) is 18.0. The lowest BCUT2D eigenvalue weighted by atomic mass is 9.58. The molecule has 0 amide bonds. The van der Waals surface area contributed by atoms with Crippen molar-refractivity contribution >= 4 is 16.6 Å². The average molecular weight is 381 g/mol. The number of hydrogen-bond donors (Lipinski definition) is 0. The van der Waals surface area contributed by atoms with Gasteiger partial charge in [-0.1, -0.05) is 34.1 Å². The van der Waals surface area contributed by atoms with Gasteiger partial charge in [-0.3, -0.25) is 4.98 Å². The molecule has 4 heterocycles. The van der Waals surface area contributed by atoms with E-state index in [-0.39, 0.29) is 17.2 Å². The van der Waals surface area contributed by atoms with E-state index < -0.39 is 0 Å². The number of anilines is 1. The van der Waals surface area contributed by atoms with Crippen LogP contribution in [0, 0.1) is 0 Å². The molecule has 150 valence electrons. The highest BCUT2D eigenvalue weighted by molar-refractivity contribution is 5.96. The number of hydrogen-bond acceptors (Lipinski definition) is 3. The molecule has 2 atom stereocenters. The van der Waals surface area contributed by atoms with E-state index in [1.807, 2.05) is 6.20 Å². The molecule has 0 saturated heterocycles. The minimum absolute atomic E-state index is 0.00649. The lowest BCUT2D eigenvalue weighted by molar-refractivity contribution is -0.740. The molecule has 0 N–H and O–H groups in total. The first-order valence-corrected chi connectivity index (χ1v) is 11.0. The molecule has 0 spiro atoms. The van der Waals surface area contributed by atoms with Gasteiger partial charge in [0.05, 0.1) is 24.4 Å². The Labute approximate surface area is 169 Å². The van der Waals surface area contributed by atoms with Crippen LogP contribution in [0.3, 0.4) is 0 Å². The molecule has 0 fully saturated rings. The summed E-state index contributed by atoms with van der Waals surface area (Å²) in [5.74, 6) is 1.26. The highest BCUT2D eigenvalue weighted by Gasteiger charge is 2.59. The second kappa shape index (κ2) is 7.14. The van der Waals surface area contributed by atoms with Crippen molar-refractivity contribution < 1.29 is 9.30 Å². The van der Waals surface area contributed by atoms with E-state index in [9.17, 15) is 0 Å². The van der Waals surface area contributed by atoms with Crippen molar-refractivity contribution in [2.75, 3.05) is 11.5 Å². The third-order valence-electron chi connectivity index (χ3n) is 7.52. The van der Waals surface area contributed by atoms with Crippen LogP contribution in [0.25, 0.3) is 10.8 Å². The summed E-state index contributed by atoms with van der Waals surface area (Å²) in [6, 6.07) is 2.20. The summed E-state index contributed by atoms with van der Waals surface area (Å²) in [4.78, 5) is 7.19. The van der Waals surface area contributed by atoms with Crippen molar-refractivity contribution in [3.8, 4) is 0 Å². The maximum absolute atomic E-state index is 6.25.